The Balaban J connectivity index is 2.19. The molecule has 3 aromatic carbocycles. The number of nitro benzene ring substituents is 1. The van der Waals surface area contributed by atoms with Gasteiger partial charge in [-0.3, -0.25) is 24.0 Å². The van der Waals surface area contributed by atoms with Crippen LogP contribution in [0.5, 0.6) is 5.75 Å². The Labute approximate surface area is 263 Å². The van der Waals surface area contributed by atoms with Crippen LogP contribution in [0.2, 0.25) is 5.02 Å². The summed E-state index contributed by atoms with van der Waals surface area (Å²) in [5.74, 6) is -0.926. The highest BCUT2D eigenvalue weighted by atomic mass is 35.5. The molecule has 0 aromatic heterocycles. The van der Waals surface area contributed by atoms with E-state index in [0.717, 1.165) is 21.5 Å². The first-order chi connectivity index (χ1) is 20.8. The van der Waals surface area contributed by atoms with Gasteiger partial charge in [0, 0.05) is 29.7 Å². The van der Waals surface area contributed by atoms with Gasteiger partial charge in [-0.2, -0.15) is 0 Å². The Morgan fingerprint density at radius 3 is 2.36 bits per heavy atom. The van der Waals surface area contributed by atoms with Gasteiger partial charge in [-0.05, 0) is 62.1 Å². The second-order valence-electron chi connectivity index (χ2n) is 10.2. The summed E-state index contributed by atoms with van der Waals surface area (Å²) in [4.78, 5) is 39.5. The molecule has 0 aliphatic carbocycles. The number of nitrogens with zero attached hydrogens (tertiary/aromatic N) is 3. The highest BCUT2D eigenvalue weighted by Gasteiger charge is 2.35. The zero-order valence-corrected chi connectivity index (χ0v) is 26.9. The van der Waals surface area contributed by atoms with Crippen LogP contribution in [-0.2, 0) is 26.2 Å². The molecule has 236 valence electrons. The van der Waals surface area contributed by atoms with Gasteiger partial charge in [-0.1, -0.05) is 55.8 Å². The maximum atomic E-state index is 14.3. The third-order valence-corrected chi connectivity index (χ3v) is 9.18. The van der Waals surface area contributed by atoms with Crippen molar-refractivity contribution in [1.82, 2.24) is 10.2 Å². The van der Waals surface area contributed by atoms with Crippen LogP contribution in [0.15, 0.2) is 65.6 Å². The third kappa shape index (κ3) is 7.86. The summed E-state index contributed by atoms with van der Waals surface area (Å²) in [6.07, 6.45) is 0.960. The number of methoxy groups -OCH3 is 1. The van der Waals surface area contributed by atoms with Crippen LogP contribution < -0.4 is 14.4 Å². The number of nitro groups is 1. The van der Waals surface area contributed by atoms with Crippen LogP contribution in [0.4, 0.5) is 11.4 Å². The smallest absolute Gasteiger partial charge is 0.273 e. The van der Waals surface area contributed by atoms with E-state index in [0.29, 0.717) is 13.0 Å². The average molecular weight is 645 g/mol. The molecule has 0 saturated heterocycles. The van der Waals surface area contributed by atoms with Gasteiger partial charge in [0.05, 0.1) is 22.6 Å². The lowest BCUT2D eigenvalue weighted by Gasteiger charge is -2.33. The Morgan fingerprint density at radius 1 is 1.05 bits per heavy atom. The van der Waals surface area contributed by atoms with Crippen LogP contribution in [0.25, 0.3) is 0 Å². The molecule has 0 aliphatic rings. The zero-order valence-electron chi connectivity index (χ0n) is 25.4. The van der Waals surface area contributed by atoms with E-state index in [4.69, 9.17) is 16.3 Å². The largest absolute Gasteiger partial charge is 0.495 e. The van der Waals surface area contributed by atoms with E-state index in [1.165, 1.54) is 49.3 Å². The van der Waals surface area contributed by atoms with Crippen molar-refractivity contribution in [3.8, 4) is 5.75 Å². The zero-order chi connectivity index (χ0) is 32.6. The van der Waals surface area contributed by atoms with E-state index >= 15 is 0 Å². The first-order valence-electron chi connectivity index (χ1n) is 14.1. The second-order valence-corrected chi connectivity index (χ2v) is 12.5. The van der Waals surface area contributed by atoms with E-state index in [2.05, 4.69) is 5.32 Å². The third-order valence-electron chi connectivity index (χ3n) is 7.19. The molecule has 0 aliphatic heterocycles. The highest BCUT2D eigenvalue weighted by Crippen LogP contribution is 2.36. The van der Waals surface area contributed by atoms with Gasteiger partial charge in [-0.15, -0.1) is 0 Å². The predicted octanol–water partition coefficient (Wildman–Crippen LogP) is 5.40. The molecule has 0 spiro atoms. The minimum absolute atomic E-state index is 0.0418. The van der Waals surface area contributed by atoms with E-state index < -0.39 is 44.0 Å². The normalized spacial score (nSPS) is 11.9. The van der Waals surface area contributed by atoms with Crippen molar-refractivity contribution >= 4 is 44.8 Å². The fourth-order valence-electron chi connectivity index (χ4n) is 4.70. The van der Waals surface area contributed by atoms with Gasteiger partial charge in [0.15, 0.2) is 0 Å². The number of amides is 2. The van der Waals surface area contributed by atoms with Gasteiger partial charge in [0.25, 0.3) is 15.7 Å². The number of anilines is 1. The van der Waals surface area contributed by atoms with Crippen LogP contribution in [0.1, 0.15) is 43.4 Å². The molecule has 2 amide bonds. The van der Waals surface area contributed by atoms with Gasteiger partial charge in [0.1, 0.15) is 18.3 Å². The molecule has 0 bridgehead atoms. The predicted molar refractivity (Wildman–Crippen MR) is 169 cm³/mol. The van der Waals surface area contributed by atoms with E-state index in [1.54, 1.807) is 6.92 Å². The minimum Gasteiger partial charge on any atom is -0.495 e. The molecular formula is C31H37ClN4O7S. The molecular weight excluding hydrogens is 608 g/mol. The van der Waals surface area contributed by atoms with Crippen LogP contribution in [-0.4, -0.2) is 56.3 Å². The molecule has 0 saturated carbocycles. The van der Waals surface area contributed by atoms with Crippen molar-refractivity contribution in [2.45, 2.75) is 58.0 Å². The summed E-state index contributed by atoms with van der Waals surface area (Å²) < 4.78 is 34.7. The van der Waals surface area contributed by atoms with Crippen molar-refractivity contribution < 1.29 is 27.7 Å². The second kappa shape index (κ2) is 15.0. The van der Waals surface area contributed by atoms with Crippen molar-refractivity contribution in [1.29, 1.82) is 0 Å². The molecule has 3 aromatic rings. The number of rotatable bonds is 14. The number of benzene rings is 3. The highest BCUT2D eigenvalue weighted by molar-refractivity contribution is 7.92. The number of carbonyl (C=O) groups excluding carboxylic acids is 2. The monoisotopic (exact) mass is 644 g/mol. The molecule has 0 unspecified atom stereocenters. The number of hydrogen-bond donors (Lipinski definition) is 1. The Hall–Kier alpha value is -4.16. The Morgan fingerprint density at radius 2 is 1.75 bits per heavy atom. The van der Waals surface area contributed by atoms with Crippen LogP contribution >= 0.6 is 11.6 Å². The fraction of sp³-hybridized carbons (Fsp3) is 0.355. The summed E-state index contributed by atoms with van der Waals surface area (Å²) in [5, 5.41) is 14.7. The van der Waals surface area contributed by atoms with E-state index in [9.17, 15) is 28.1 Å². The van der Waals surface area contributed by atoms with Crippen molar-refractivity contribution in [2.24, 2.45) is 0 Å². The van der Waals surface area contributed by atoms with Crippen LogP contribution in [0.3, 0.4) is 0 Å². The Bertz CT molecular complexity index is 1630. The number of halogens is 1. The minimum atomic E-state index is -4.61. The lowest BCUT2D eigenvalue weighted by Crippen LogP contribution is -2.52. The van der Waals surface area contributed by atoms with Crippen LogP contribution in [0, 0.1) is 24.0 Å². The lowest BCUT2D eigenvalue weighted by molar-refractivity contribution is -0.385. The SMILES string of the molecule is CCCNC(=O)[C@H](CC)N(Cc1ccccc1C)C(=O)CN(c1cc(Cl)ccc1OC)S(=O)(=O)c1ccc(C)c([N+](=O)[O-])c1. The van der Waals surface area contributed by atoms with Gasteiger partial charge in [-0.25, -0.2) is 8.42 Å². The van der Waals surface area contributed by atoms with Crippen molar-refractivity contribution in [3.05, 3.63) is 92.5 Å². The molecule has 44 heavy (non-hydrogen) atoms. The molecule has 11 nitrogen and oxygen atoms in total. The van der Waals surface area contributed by atoms with Gasteiger partial charge < -0.3 is 15.0 Å². The topological polar surface area (TPSA) is 139 Å². The summed E-state index contributed by atoms with van der Waals surface area (Å²) in [6, 6.07) is 14.3. The summed E-state index contributed by atoms with van der Waals surface area (Å²) >= 11 is 6.27. The first-order valence-corrected chi connectivity index (χ1v) is 15.9. The number of carbonyl (C=O) groups is 2. The van der Waals surface area contributed by atoms with Gasteiger partial charge in [0.2, 0.25) is 11.8 Å². The molecule has 13 heteroatoms. The standard InChI is InChI=1S/C31H37ClN4O7S/c1-6-16-33-31(38)26(7-2)34(19-23-11-9-8-10-21(23)3)30(37)20-35(28-17-24(32)13-15-29(28)43-5)44(41,42)25-14-12-22(4)27(18-25)36(39)40/h8-15,17-18,26H,6-7,16,19-20H2,1-5H3,(H,33,38)/t26-/m0/s1. The van der Waals surface area contributed by atoms with E-state index in [1.807, 2.05) is 38.1 Å². The number of hydrogen-bond acceptors (Lipinski definition) is 7. The Kier molecular flexibility index (Phi) is 11.7. The number of sulfonamides is 1. The fourth-order valence-corrected chi connectivity index (χ4v) is 6.30. The molecule has 3 rings (SSSR count). The molecule has 0 fully saturated rings. The molecule has 1 atom stereocenters. The summed E-state index contributed by atoms with van der Waals surface area (Å²) in [5.41, 5.74) is 1.50. The maximum Gasteiger partial charge on any atom is 0.273 e. The number of ether oxygens (including phenoxy) is 1. The lowest BCUT2D eigenvalue weighted by atomic mass is 10.1. The summed E-state index contributed by atoms with van der Waals surface area (Å²) in [6.45, 7) is 6.77. The first kappa shape index (κ1) is 34.3. The molecule has 1 N–H and O–H groups in total. The van der Waals surface area contributed by atoms with Crippen molar-refractivity contribution in [2.75, 3.05) is 24.5 Å². The average Bonchev–Trinajstić information content (AvgIpc) is 2.99. The van der Waals surface area contributed by atoms with Crippen molar-refractivity contribution in [3.63, 3.8) is 0 Å². The quantitative estimate of drug-likeness (QED) is 0.183. The van der Waals surface area contributed by atoms with E-state index in [-0.39, 0.29) is 40.9 Å². The molecule has 0 radical (unpaired) electrons. The molecule has 0 heterocycles. The number of aryl methyl sites for hydroxylation is 2. The number of nitrogens with one attached hydrogen (secondary N) is 1. The van der Waals surface area contributed by atoms with Gasteiger partial charge >= 0.3 is 0 Å². The maximum absolute atomic E-state index is 14.3. The summed E-state index contributed by atoms with van der Waals surface area (Å²) in [7, 11) is -3.27.